The van der Waals surface area contributed by atoms with Gasteiger partial charge in [-0.25, -0.2) is 13.4 Å². The molecule has 2 aromatic rings. The number of halogens is 1. The van der Waals surface area contributed by atoms with Crippen molar-refractivity contribution in [3.8, 4) is 5.75 Å². The lowest BCUT2D eigenvalue weighted by Crippen LogP contribution is -2.38. The van der Waals surface area contributed by atoms with Gasteiger partial charge in [0.25, 0.3) is 0 Å². The molecule has 0 unspecified atom stereocenters. The Morgan fingerprint density at radius 1 is 1.06 bits per heavy atom. The Kier molecular flexibility index (Phi) is 11.0. The first-order valence-electron chi connectivity index (χ1n) is 10.6. The number of ether oxygens (including phenoxy) is 1. The molecule has 0 bridgehead atoms. The molecule has 0 atom stereocenters. The van der Waals surface area contributed by atoms with Crippen molar-refractivity contribution in [2.24, 2.45) is 4.99 Å². The van der Waals surface area contributed by atoms with Gasteiger partial charge in [-0.1, -0.05) is 24.3 Å². The molecule has 0 heterocycles. The molecule has 0 saturated carbocycles. The minimum atomic E-state index is -3.17. The fourth-order valence-electron chi connectivity index (χ4n) is 2.95. The van der Waals surface area contributed by atoms with Crippen molar-refractivity contribution in [3.63, 3.8) is 0 Å². The molecule has 0 radical (unpaired) electrons. The summed E-state index contributed by atoms with van der Waals surface area (Å²) in [4.78, 5) is 5.06. The molecule has 0 aliphatic carbocycles. The fraction of sp³-hybridized carbons (Fsp3) is 0.458. The first-order valence-corrected chi connectivity index (χ1v) is 12.5. The molecule has 0 saturated heterocycles. The van der Waals surface area contributed by atoms with E-state index >= 15 is 0 Å². The Hall–Kier alpha value is -1.81. The maximum Gasteiger partial charge on any atom is 0.191 e. The third kappa shape index (κ3) is 9.77. The lowest BCUT2D eigenvalue weighted by molar-refractivity contribution is 0.129. The van der Waals surface area contributed by atoms with Crippen LogP contribution in [0, 0.1) is 6.92 Å². The summed E-state index contributed by atoms with van der Waals surface area (Å²) in [5, 5.41) is 6.61. The molecule has 0 aliphatic heterocycles. The van der Waals surface area contributed by atoms with Crippen molar-refractivity contribution in [2.45, 2.75) is 58.1 Å². The van der Waals surface area contributed by atoms with E-state index in [-0.39, 0.29) is 29.6 Å². The number of nitrogens with zero attached hydrogens (tertiary/aromatic N) is 1. The van der Waals surface area contributed by atoms with Gasteiger partial charge in [0.05, 0.1) is 11.4 Å². The molecule has 178 valence electrons. The quantitative estimate of drug-likeness (QED) is 0.277. The van der Waals surface area contributed by atoms with Crippen LogP contribution < -0.4 is 15.4 Å². The van der Waals surface area contributed by atoms with Crippen LogP contribution >= 0.6 is 24.0 Å². The van der Waals surface area contributed by atoms with Crippen LogP contribution in [0.2, 0.25) is 0 Å². The number of sulfone groups is 1. The van der Waals surface area contributed by atoms with Crippen LogP contribution in [-0.4, -0.2) is 39.3 Å². The number of aliphatic imine (C=N–C) groups is 1. The van der Waals surface area contributed by atoms with Gasteiger partial charge >= 0.3 is 0 Å². The van der Waals surface area contributed by atoms with Gasteiger partial charge in [-0.15, -0.1) is 24.0 Å². The van der Waals surface area contributed by atoms with Crippen LogP contribution in [0.5, 0.6) is 5.75 Å². The Morgan fingerprint density at radius 2 is 1.72 bits per heavy atom. The van der Waals surface area contributed by atoms with Crippen molar-refractivity contribution < 1.29 is 13.2 Å². The molecule has 0 amide bonds. The average Bonchev–Trinajstić information content (AvgIpc) is 2.65. The van der Waals surface area contributed by atoms with Crippen LogP contribution in [0.25, 0.3) is 0 Å². The van der Waals surface area contributed by atoms with Gasteiger partial charge in [-0.05, 0) is 70.4 Å². The van der Waals surface area contributed by atoms with Gasteiger partial charge in [0.2, 0.25) is 0 Å². The van der Waals surface area contributed by atoms with Gasteiger partial charge < -0.3 is 15.4 Å². The molecule has 0 aliphatic rings. The summed E-state index contributed by atoms with van der Waals surface area (Å²) < 4.78 is 29.3. The Bertz CT molecular complexity index is 998. The maximum atomic E-state index is 11.6. The van der Waals surface area contributed by atoms with Crippen molar-refractivity contribution in [1.29, 1.82) is 0 Å². The largest absolute Gasteiger partial charge is 0.488 e. The van der Waals surface area contributed by atoms with Gasteiger partial charge in [0.1, 0.15) is 11.4 Å². The van der Waals surface area contributed by atoms with Crippen molar-refractivity contribution >= 4 is 39.8 Å². The molecule has 32 heavy (non-hydrogen) atoms. The predicted molar refractivity (Wildman–Crippen MR) is 143 cm³/mol. The first kappa shape index (κ1) is 28.2. The molecule has 2 rings (SSSR count). The van der Waals surface area contributed by atoms with Gasteiger partial charge in [-0.3, -0.25) is 0 Å². The molecular weight excluding hydrogens is 537 g/mol. The van der Waals surface area contributed by atoms with E-state index in [0.717, 1.165) is 41.4 Å². The van der Waals surface area contributed by atoms with Crippen LogP contribution in [0.15, 0.2) is 52.4 Å². The van der Waals surface area contributed by atoms with E-state index in [1.165, 1.54) is 6.26 Å². The minimum absolute atomic E-state index is 0. The van der Waals surface area contributed by atoms with E-state index in [9.17, 15) is 8.42 Å². The fourth-order valence-corrected chi connectivity index (χ4v) is 3.58. The summed E-state index contributed by atoms with van der Waals surface area (Å²) in [5.41, 5.74) is 2.98. The number of nitrogens with one attached hydrogen (secondary N) is 2. The minimum Gasteiger partial charge on any atom is -0.488 e. The Labute approximate surface area is 210 Å². The molecule has 8 heteroatoms. The summed E-state index contributed by atoms with van der Waals surface area (Å²) in [6, 6.07) is 13.2. The topological polar surface area (TPSA) is 79.8 Å². The summed E-state index contributed by atoms with van der Waals surface area (Å²) >= 11 is 0. The monoisotopic (exact) mass is 573 g/mol. The van der Waals surface area contributed by atoms with Gasteiger partial charge in [0.15, 0.2) is 15.8 Å². The van der Waals surface area contributed by atoms with Gasteiger partial charge in [0, 0.05) is 24.9 Å². The standard InChI is InChI=1S/C24H35N3O3S.HI/c1-7-25-23(26-15-14-19-9-12-21(13-10-19)31(6,28)29)27-17-20-11-8-18(2)16-22(20)30-24(3,4)5;/h8-13,16H,7,14-15,17H2,1-6H3,(H2,25,26,27);1H. The highest BCUT2D eigenvalue weighted by molar-refractivity contribution is 14.0. The zero-order valence-electron chi connectivity index (χ0n) is 19.9. The molecule has 0 aromatic heterocycles. The third-order valence-electron chi connectivity index (χ3n) is 4.45. The normalized spacial score (nSPS) is 12.1. The molecule has 6 nitrogen and oxygen atoms in total. The number of guanidine groups is 1. The van der Waals surface area contributed by atoms with E-state index in [0.29, 0.717) is 18.0 Å². The van der Waals surface area contributed by atoms with Crippen molar-refractivity contribution in [2.75, 3.05) is 19.3 Å². The second kappa shape index (κ2) is 12.4. The number of benzene rings is 2. The number of hydrogen-bond acceptors (Lipinski definition) is 4. The van der Waals surface area contributed by atoms with E-state index in [1.807, 2.05) is 39.8 Å². The van der Waals surface area contributed by atoms with E-state index in [4.69, 9.17) is 9.73 Å². The van der Waals surface area contributed by atoms with Crippen LogP contribution in [0.1, 0.15) is 44.4 Å². The Balaban J connectivity index is 0.00000512. The third-order valence-corrected chi connectivity index (χ3v) is 5.58. The zero-order chi connectivity index (χ0) is 23.1. The molecule has 2 N–H and O–H groups in total. The number of rotatable bonds is 8. The summed E-state index contributed by atoms with van der Waals surface area (Å²) in [6.45, 7) is 12.1. The summed E-state index contributed by atoms with van der Waals surface area (Å²) in [7, 11) is -3.17. The average molecular weight is 574 g/mol. The highest BCUT2D eigenvalue weighted by atomic mass is 127. The van der Waals surface area contributed by atoms with E-state index in [1.54, 1.807) is 12.1 Å². The van der Waals surface area contributed by atoms with Crippen LogP contribution in [0.4, 0.5) is 0 Å². The second-order valence-electron chi connectivity index (χ2n) is 8.61. The number of aryl methyl sites for hydroxylation is 1. The predicted octanol–water partition coefficient (Wildman–Crippen LogP) is 4.49. The van der Waals surface area contributed by atoms with Gasteiger partial charge in [-0.2, -0.15) is 0 Å². The van der Waals surface area contributed by atoms with E-state index in [2.05, 4.69) is 35.8 Å². The lowest BCUT2D eigenvalue weighted by Gasteiger charge is -2.23. The van der Waals surface area contributed by atoms with Crippen LogP contribution in [0.3, 0.4) is 0 Å². The van der Waals surface area contributed by atoms with Crippen molar-refractivity contribution in [3.05, 3.63) is 59.2 Å². The molecule has 2 aromatic carbocycles. The lowest BCUT2D eigenvalue weighted by atomic mass is 10.1. The van der Waals surface area contributed by atoms with E-state index < -0.39 is 9.84 Å². The molecular formula is C24H36IN3O3S. The SMILES string of the molecule is CCNC(=NCc1ccc(C)cc1OC(C)(C)C)NCCc1ccc(S(C)(=O)=O)cc1.I. The van der Waals surface area contributed by atoms with Crippen molar-refractivity contribution in [1.82, 2.24) is 10.6 Å². The molecule has 0 fully saturated rings. The van der Waals surface area contributed by atoms with Crippen LogP contribution in [-0.2, 0) is 22.8 Å². The smallest absolute Gasteiger partial charge is 0.191 e. The maximum absolute atomic E-state index is 11.6. The summed E-state index contributed by atoms with van der Waals surface area (Å²) in [6.07, 6.45) is 1.98. The summed E-state index contributed by atoms with van der Waals surface area (Å²) in [5.74, 6) is 1.59. The highest BCUT2D eigenvalue weighted by Gasteiger charge is 2.15. The second-order valence-corrected chi connectivity index (χ2v) is 10.6. The zero-order valence-corrected chi connectivity index (χ0v) is 23.0. The first-order chi connectivity index (χ1) is 14.5. The molecule has 0 spiro atoms. The Morgan fingerprint density at radius 3 is 2.28 bits per heavy atom. The highest BCUT2D eigenvalue weighted by Crippen LogP contribution is 2.25. The number of hydrogen-bond donors (Lipinski definition) is 2.